The average molecular weight is 321 g/mol. The molecule has 1 aromatic rings. The van der Waals surface area contributed by atoms with Crippen molar-refractivity contribution in [1.82, 2.24) is 0 Å². The van der Waals surface area contributed by atoms with Gasteiger partial charge in [0.25, 0.3) is 0 Å². The van der Waals surface area contributed by atoms with Crippen molar-refractivity contribution in [1.29, 1.82) is 0 Å². The maximum Gasteiger partial charge on any atom is 0.416 e. The van der Waals surface area contributed by atoms with Crippen LogP contribution < -0.4 is 0 Å². The summed E-state index contributed by atoms with van der Waals surface area (Å²) in [6.07, 6.45) is -1.66. The normalized spacial score (nSPS) is 28.6. The largest absolute Gasteiger partial charge is 0.416 e. The number of rotatable bonds is 2. The van der Waals surface area contributed by atoms with E-state index in [4.69, 9.17) is 0 Å². The van der Waals surface area contributed by atoms with Gasteiger partial charge in [-0.05, 0) is 42.7 Å². The minimum absolute atomic E-state index is 0.345. The van der Waals surface area contributed by atoms with Gasteiger partial charge in [0.1, 0.15) is 0 Å². The summed E-state index contributed by atoms with van der Waals surface area (Å²) >= 11 is 3.59. The highest BCUT2D eigenvalue weighted by molar-refractivity contribution is 9.09. The Labute approximate surface area is 114 Å². The zero-order valence-electron chi connectivity index (χ0n) is 10.2. The third-order valence-electron chi connectivity index (χ3n) is 3.93. The highest BCUT2D eigenvalue weighted by Gasteiger charge is 2.36. The van der Waals surface area contributed by atoms with Crippen LogP contribution in [0.2, 0.25) is 0 Å². The van der Waals surface area contributed by atoms with Crippen molar-refractivity contribution in [2.45, 2.75) is 37.2 Å². The lowest BCUT2D eigenvalue weighted by Crippen LogP contribution is -2.16. The standard InChI is InChI=1S/C14H16BrF3/c1-9-10(6-7-13(9)15)8-11-4-2-3-5-12(11)14(16,17)18/h2-5,9-10,13H,6-8H2,1H3. The molecule has 0 nitrogen and oxygen atoms in total. The van der Waals surface area contributed by atoms with Crippen LogP contribution in [0.25, 0.3) is 0 Å². The second-order valence-corrected chi connectivity index (χ2v) is 6.25. The van der Waals surface area contributed by atoms with Crippen LogP contribution >= 0.6 is 15.9 Å². The van der Waals surface area contributed by atoms with Crippen molar-refractivity contribution in [3.8, 4) is 0 Å². The van der Waals surface area contributed by atoms with Gasteiger partial charge >= 0.3 is 6.18 Å². The van der Waals surface area contributed by atoms with Crippen molar-refractivity contribution < 1.29 is 13.2 Å². The maximum absolute atomic E-state index is 12.9. The minimum atomic E-state index is -4.24. The topological polar surface area (TPSA) is 0 Å². The molecule has 0 saturated heterocycles. The molecule has 4 heteroatoms. The highest BCUT2D eigenvalue weighted by Crippen LogP contribution is 2.40. The van der Waals surface area contributed by atoms with Crippen molar-refractivity contribution in [3.63, 3.8) is 0 Å². The monoisotopic (exact) mass is 320 g/mol. The van der Waals surface area contributed by atoms with Crippen molar-refractivity contribution in [2.75, 3.05) is 0 Å². The van der Waals surface area contributed by atoms with Crippen LogP contribution in [0.4, 0.5) is 13.2 Å². The van der Waals surface area contributed by atoms with Crippen LogP contribution in [-0.4, -0.2) is 4.83 Å². The van der Waals surface area contributed by atoms with E-state index in [1.54, 1.807) is 12.1 Å². The molecule has 100 valence electrons. The predicted octanol–water partition coefficient (Wildman–Crippen LogP) is 5.06. The van der Waals surface area contributed by atoms with Gasteiger partial charge in [0.2, 0.25) is 0 Å². The molecule has 1 saturated carbocycles. The fourth-order valence-electron chi connectivity index (χ4n) is 2.74. The Morgan fingerprint density at radius 1 is 1.22 bits per heavy atom. The molecular weight excluding hydrogens is 305 g/mol. The fraction of sp³-hybridized carbons (Fsp3) is 0.571. The van der Waals surface area contributed by atoms with Gasteiger partial charge in [-0.3, -0.25) is 0 Å². The Morgan fingerprint density at radius 3 is 2.44 bits per heavy atom. The summed E-state index contributed by atoms with van der Waals surface area (Å²) in [6, 6.07) is 5.94. The number of alkyl halides is 4. The number of hydrogen-bond acceptors (Lipinski definition) is 0. The molecule has 0 bridgehead atoms. The fourth-order valence-corrected chi connectivity index (χ4v) is 3.44. The summed E-state index contributed by atoms with van der Waals surface area (Å²) in [5.74, 6) is 0.782. The van der Waals surface area contributed by atoms with E-state index in [1.807, 2.05) is 0 Å². The lowest BCUT2D eigenvalue weighted by molar-refractivity contribution is -0.138. The average Bonchev–Trinajstić information content (AvgIpc) is 2.60. The number of hydrogen-bond donors (Lipinski definition) is 0. The summed E-state index contributed by atoms with van der Waals surface area (Å²) in [4.78, 5) is 0.445. The van der Waals surface area contributed by atoms with Gasteiger partial charge in [0, 0.05) is 4.83 Å². The first-order valence-corrected chi connectivity index (χ1v) is 7.10. The smallest absolute Gasteiger partial charge is 0.166 e. The summed E-state index contributed by atoms with van der Waals surface area (Å²) in [7, 11) is 0. The van der Waals surface area contributed by atoms with Crippen molar-refractivity contribution >= 4 is 15.9 Å². The lowest BCUT2D eigenvalue weighted by atomic mass is 9.89. The first kappa shape index (κ1) is 13.9. The van der Waals surface area contributed by atoms with E-state index in [0.29, 0.717) is 28.6 Å². The predicted molar refractivity (Wildman–Crippen MR) is 69.8 cm³/mol. The number of halogens is 4. The summed E-state index contributed by atoms with van der Waals surface area (Å²) in [5, 5.41) is 0. The van der Waals surface area contributed by atoms with Gasteiger partial charge in [-0.25, -0.2) is 0 Å². The molecule has 3 atom stereocenters. The van der Waals surface area contributed by atoms with Gasteiger partial charge in [0.05, 0.1) is 5.56 Å². The summed E-state index contributed by atoms with van der Waals surface area (Å²) in [6.45, 7) is 2.12. The Bertz CT molecular complexity index is 414. The van der Waals surface area contributed by atoms with E-state index in [1.165, 1.54) is 12.1 Å². The van der Waals surface area contributed by atoms with Gasteiger partial charge in [-0.2, -0.15) is 13.2 Å². The van der Waals surface area contributed by atoms with Crippen LogP contribution in [0.5, 0.6) is 0 Å². The van der Waals surface area contributed by atoms with Gasteiger partial charge in [-0.1, -0.05) is 41.1 Å². The van der Waals surface area contributed by atoms with E-state index in [9.17, 15) is 13.2 Å². The Morgan fingerprint density at radius 2 is 1.89 bits per heavy atom. The maximum atomic E-state index is 12.9. The summed E-state index contributed by atoms with van der Waals surface area (Å²) in [5.41, 5.74) is -0.0429. The molecule has 0 aromatic heterocycles. The molecule has 0 heterocycles. The van der Waals surface area contributed by atoms with E-state index in [-0.39, 0.29) is 0 Å². The molecular formula is C14H16BrF3. The first-order valence-electron chi connectivity index (χ1n) is 6.18. The van der Waals surface area contributed by atoms with E-state index in [2.05, 4.69) is 22.9 Å². The van der Waals surface area contributed by atoms with Crippen LogP contribution in [-0.2, 0) is 12.6 Å². The van der Waals surface area contributed by atoms with Gasteiger partial charge in [-0.15, -0.1) is 0 Å². The molecule has 3 unspecified atom stereocenters. The van der Waals surface area contributed by atoms with Crippen LogP contribution in [0.1, 0.15) is 30.9 Å². The molecule has 1 fully saturated rings. The molecule has 0 radical (unpaired) electrons. The zero-order chi connectivity index (χ0) is 13.3. The Hall–Kier alpha value is -0.510. The lowest BCUT2D eigenvalue weighted by Gasteiger charge is -2.20. The van der Waals surface area contributed by atoms with Gasteiger partial charge < -0.3 is 0 Å². The SMILES string of the molecule is CC1C(Br)CCC1Cc1ccccc1C(F)(F)F. The molecule has 0 aliphatic heterocycles. The highest BCUT2D eigenvalue weighted by atomic mass is 79.9. The van der Waals surface area contributed by atoms with Crippen molar-refractivity contribution in [2.24, 2.45) is 11.8 Å². The summed E-state index contributed by atoms with van der Waals surface area (Å²) < 4.78 is 38.7. The van der Waals surface area contributed by atoms with E-state index in [0.717, 1.165) is 12.8 Å². The van der Waals surface area contributed by atoms with Crippen molar-refractivity contribution in [3.05, 3.63) is 35.4 Å². The minimum Gasteiger partial charge on any atom is -0.166 e. The first-order chi connectivity index (χ1) is 8.39. The second kappa shape index (κ2) is 5.24. The Balaban J connectivity index is 2.20. The Kier molecular flexibility index (Phi) is 4.05. The third-order valence-corrected chi connectivity index (χ3v) is 5.22. The molecule has 18 heavy (non-hydrogen) atoms. The van der Waals surface area contributed by atoms with Crippen LogP contribution in [0, 0.1) is 11.8 Å². The van der Waals surface area contributed by atoms with Gasteiger partial charge in [0.15, 0.2) is 0 Å². The molecule has 1 aliphatic rings. The zero-order valence-corrected chi connectivity index (χ0v) is 11.8. The molecule has 2 rings (SSSR count). The van der Waals surface area contributed by atoms with Crippen LogP contribution in [0.15, 0.2) is 24.3 Å². The number of benzene rings is 1. The molecule has 0 N–H and O–H groups in total. The molecule has 0 amide bonds. The molecule has 1 aromatic carbocycles. The molecule has 0 spiro atoms. The third kappa shape index (κ3) is 2.90. The molecule has 1 aliphatic carbocycles. The second-order valence-electron chi connectivity index (χ2n) is 5.07. The van der Waals surface area contributed by atoms with E-state index < -0.39 is 11.7 Å². The van der Waals surface area contributed by atoms with Crippen LogP contribution in [0.3, 0.4) is 0 Å². The quantitative estimate of drug-likeness (QED) is 0.668. The van der Waals surface area contributed by atoms with E-state index >= 15 is 0 Å².